The highest BCUT2D eigenvalue weighted by atomic mass is 16.5. The minimum atomic E-state index is -0.503. The number of anilines is 1. The van der Waals surface area contributed by atoms with E-state index in [1.807, 2.05) is 46.4 Å². The summed E-state index contributed by atoms with van der Waals surface area (Å²) in [5, 5.41) is 0. The lowest BCUT2D eigenvalue weighted by Crippen LogP contribution is -2.44. The second-order valence-electron chi connectivity index (χ2n) is 6.51. The van der Waals surface area contributed by atoms with E-state index in [-0.39, 0.29) is 18.2 Å². The lowest BCUT2D eigenvalue weighted by Gasteiger charge is -2.36. The molecule has 5 heteroatoms. The zero-order valence-corrected chi connectivity index (χ0v) is 12.6. The van der Waals surface area contributed by atoms with Crippen LogP contribution in [0, 0.1) is 5.41 Å². The molecule has 0 aliphatic rings. The second-order valence-corrected chi connectivity index (χ2v) is 6.51. The van der Waals surface area contributed by atoms with E-state index in [1.165, 1.54) is 6.33 Å². The van der Waals surface area contributed by atoms with Gasteiger partial charge in [0.2, 0.25) is 0 Å². The van der Waals surface area contributed by atoms with Crippen LogP contribution in [0.25, 0.3) is 0 Å². The van der Waals surface area contributed by atoms with Gasteiger partial charge >= 0.3 is 5.97 Å². The van der Waals surface area contributed by atoms with E-state index in [9.17, 15) is 4.79 Å². The Hall–Kier alpha value is -1.65. The molecular weight excluding hydrogens is 242 g/mol. The molecule has 5 nitrogen and oxygen atoms in total. The van der Waals surface area contributed by atoms with Gasteiger partial charge < -0.3 is 9.64 Å². The van der Waals surface area contributed by atoms with E-state index in [4.69, 9.17) is 4.74 Å². The monoisotopic (exact) mass is 265 g/mol. The summed E-state index contributed by atoms with van der Waals surface area (Å²) in [5.41, 5.74) is 0.135. The number of carbonyl (C=O) groups excluding carboxylic acids is 1. The van der Waals surface area contributed by atoms with Crippen LogP contribution in [0.4, 0.5) is 5.69 Å². The van der Waals surface area contributed by atoms with Gasteiger partial charge in [-0.15, -0.1) is 0 Å². The predicted molar refractivity (Wildman–Crippen MR) is 74.7 cm³/mol. The van der Waals surface area contributed by atoms with Crippen molar-refractivity contribution in [1.82, 2.24) is 9.97 Å². The fraction of sp³-hybridized carbons (Fsp3) is 0.643. The van der Waals surface area contributed by atoms with Crippen LogP contribution in [0.2, 0.25) is 0 Å². The van der Waals surface area contributed by atoms with Gasteiger partial charge in [-0.1, -0.05) is 0 Å². The fourth-order valence-electron chi connectivity index (χ4n) is 1.43. The molecule has 1 aromatic rings. The van der Waals surface area contributed by atoms with Crippen molar-refractivity contribution in [2.75, 3.05) is 11.6 Å². The zero-order chi connectivity index (χ0) is 14.7. The number of rotatable bonds is 3. The first-order valence-corrected chi connectivity index (χ1v) is 6.32. The summed E-state index contributed by atoms with van der Waals surface area (Å²) in [4.78, 5) is 21.8. The summed E-state index contributed by atoms with van der Waals surface area (Å²) in [6.45, 7) is 11.8. The Morgan fingerprint density at radius 1 is 1.16 bits per heavy atom. The number of hydrogen-bond donors (Lipinski definition) is 0. The van der Waals surface area contributed by atoms with E-state index < -0.39 is 5.41 Å². The van der Waals surface area contributed by atoms with E-state index >= 15 is 0 Å². The average molecular weight is 265 g/mol. The third kappa shape index (κ3) is 4.50. The molecule has 0 unspecified atom stereocenters. The van der Waals surface area contributed by atoms with Crippen molar-refractivity contribution in [2.24, 2.45) is 5.41 Å². The minimum Gasteiger partial charge on any atom is -0.444 e. The van der Waals surface area contributed by atoms with Gasteiger partial charge in [0.05, 0.1) is 23.5 Å². The molecule has 0 atom stereocenters. The largest absolute Gasteiger partial charge is 0.444 e. The first-order valence-electron chi connectivity index (χ1n) is 6.32. The van der Waals surface area contributed by atoms with Crippen molar-refractivity contribution in [3.05, 3.63) is 18.7 Å². The molecule has 0 aliphatic heterocycles. The number of carbonyl (C=O) groups is 1. The summed E-state index contributed by atoms with van der Waals surface area (Å²) >= 11 is 0. The van der Waals surface area contributed by atoms with Crippen molar-refractivity contribution in [2.45, 2.75) is 47.1 Å². The quantitative estimate of drug-likeness (QED) is 0.621. The highest BCUT2D eigenvalue weighted by Gasteiger charge is 2.27. The van der Waals surface area contributed by atoms with Gasteiger partial charge in [-0.2, -0.15) is 0 Å². The number of ether oxygens (including phenoxy) is 1. The fourth-order valence-corrected chi connectivity index (χ4v) is 1.43. The van der Waals surface area contributed by atoms with E-state index in [1.54, 1.807) is 12.4 Å². The topological polar surface area (TPSA) is 55.3 Å². The van der Waals surface area contributed by atoms with Crippen molar-refractivity contribution in [3.8, 4) is 0 Å². The zero-order valence-electron chi connectivity index (χ0n) is 12.6. The van der Waals surface area contributed by atoms with Crippen LogP contribution in [0.5, 0.6) is 0 Å². The molecule has 1 aromatic heterocycles. The Morgan fingerprint density at radius 3 is 2.11 bits per heavy atom. The van der Waals surface area contributed by atoms with Crippen molar-refractivity contribution >= 4 is 11.7 Å². The smallest absolute Gasteiger partial charge is 0.312 e. The molecule has 0 spiro atoms. The first-order chi connectivity index (χ1) is 8.62. The number of nitrogens with zero attached hydrogens (tertiary/aromatic N) is 3. The Labute approximate surface area is 115 Å². The molecule has 0 bridgehead atoms. The molecule has 0 fully saturated rings. The lowest BCUT2D eigenvalue weighted by molar-refractivity contribution is -0.153. The summed E-state index contributed by atoms with van der Waals surface area (Å²) in [6.07, 6.45) is 4.90. The Bertz CT molecular complexity index is 419. The second kappa shape index (κ2) is 5.55. The van der Waals surface area contributed by atoms with Gasteiger partial charge in [0.15, 0.2) is 6.73 Å². The number of aromatic nitrogens is 2. The van der Waals surface area contributed by atoms with Gasteiger partial charge in [-0.05, 0) is 41.5 Å². The summed E-state index contributed by atoms with van der Waals surface area (Å²) in [6, 6.07) is 0. The maximum Gasteiger partial charge on any atom is 0.312 e. The van der Waals surface area contributed by atoms with Gasteiger partial charge in [-0.3, -0.25) is 4.79 Å². The van der Waals surface area contributed by atoms with E-state index in [0.29, 0.717) is 0 Å². The third-order valence-electron chi connectivity index (χ3n) is 2.61. The number of hydrogen-bond acceptors (Lipinski definition) is 5. The lowest BCUT2D eigenvalue weighted by atomic mass is 9.97. The van der Waals surface area contributed by atoms with E-state index in [2.05, 4.69) is 9.97 Å². The molecule has 1 heterocycles. The van der Waals surface area contributed by atoms with Crippen LogP contribution in [0.1, 0.15) is 41.5 Å². The molecular formula is C14H23N3O2. The van der Waals surface area contributed by atoms with E-state index in [0.717, 1.165) is 5.69 Å². The van der Waals surface area contributed by atoms with Crippen molar-refractivity contribution in [3.63, 3.8) is 0 Å². The minimum absolute atomic E-state index is 0.187. The van der Waals surface area contributed by atoms with Crippen LogP contribution < -0.4 is 4.90 Å². The molecule has 19 heavy (non-hydrogen) atoms. The maximum atomic E-state index is 11.8. The molecule has 106 valence electrons. The molecule has 0 aliphatic carbocycles. The van der Waals surface area contributed by atoms with Crippen molar-refractivity contribution < 1.29 is 9.53 Å². The van der Waals surface area contributed by atoms with Gasteiger partial charge in [0, 0.05) is 5.54 Å². The summed E-state index contributed by atoms with van der Waals surface area (Å²) in [7, 11) is 0. The summed E-state index contributed by atoms with van der Waals surface area (Å²) in [5.74, 6) is -0.224. The van der Waals surface area contributed by atoms with Crippen LogP contribution in [-0.2, 0) is 9.53 Å². The Kier molecular flexibility index (Phi) is 4.50. The Balaban J connectivity index is 2.82. The van der Waals surface area contributed by atoms with Crippen LogP contribution in [0.3, 0.4) is 0 Å². The maximum absolute atomic E-state index is 11.8. The van der Waals surface area contributed by atoms with Gasteiger partial charge in [0.25, 0.3) is 0 Å². The van der Waals surface area contributed by atoms with Crippen LogP contribution >= 0.6 is 0 Å². The molecule has 0 N–H and O–H groups in total. The summed E-state index contributed by atoms with van der Waals surface area (Å²) < 4.78 is 5.38. The molecule has 0 amide bonds. The molecule has 1 rings (SSSR count). The van der Waals surface area contributed by atoms with Crippen LogP contribution in [0.15, 0.2) is 18.7 Å². The standard InChI is InChI=1S/C14H23N3O2/c1-13(2,3)12(18)19-10-17(14(4,5)6)11-7-15-9-16-8-11/h7-9H,10H2,1-6H3. The molecule has 0 radical (unpaired) electrons. The first kappa shape index (κ1) is 15.4. The Morgan fingerprint density at radius 2 is 1.68 bits per heavy atom. The number of esters is 1. The highest BCUT2D eigenvalue weighted by molar-refractivity contribution is 5.75. The van der Waals surface area contributed by atoms with Crippen LogP contribution in [-0.4, -0.2) is 28.2 Å². The average Bonchev–Trinajstić information content (AvgIpc) is 2.27. The predicted octanol–water partition coefficient (Wildman–Crippen LogP) is 2.63. The molecule has 0 aromatic carbocycles. The highest BCUT2D eigenvalue weighted by Crippen LogP contribution is 2.23. The van der Waals surface area contributed by atoms with Gasteiger partial charge in [0.1, 0.15) is 6.33 Å². The molecule has 0 saturated heterocycles. The van der Waals surface area contributed by atoms with Crippen molar-refractivity contribution in [1.29, 1.82) is 0 Å². The SMILES string of the molecule is CC(C)(C)C(=O)OCN(c1cncnc1)C(C)(C)C. The van der Waals surface area contributed by atoms with Gasteiger partial charge in [-0.25, -0.2) is 9.97 Å². The third-order valence-corrected chi connectivity index (χ3v) is 2.61. The normalized spacial score (nSPS) is 12.1. The molecule has 0 saturated carbocycles.